The lowest BCUT2D eigenvalue weighted by atomic mass is 9.92. The van der Waals surface area contributed by atoms with Crippen LogP contribution < -0.4 is 5.56 Å². The molecule has 2 heteroatoms. The van der Waals surface area contributed by atoms with E-state index in [2.05, 4.69) is 53.7 Å². The van der Waals surface area contributed by atoms with Gasteiger partial charge in [-0.15, -0.1) is 0 Å². The smallest absolute Gasteiger partial charge is 0.263 e. The Morgan fingerprint density at radius 1 is 0.739 bits per heavy atom. The van der Waals surface area contributed by atoms with E-state index in [4.69, 9.17) is 0 Å². The molecule has 1 aromatic heterocycles. The Morgan fingerprint density at radius 2 is 1.39 bits per heavy atom. The zero-order valence-corrected chi connectivity index (χ0v) is 14.7. The predicted octanol–water partition coefficient (Wildman–Crippen LogP) is 4.84. The molecule has 0 unspecified atom stereocenters. The van der Waals surface area contributed by atoms with Gasteiger partial charge in [0, 0.05) is 6.20 Å². The third-order valence-corrected chi connectivity index (χ3v) is 5.39. The Hall–Kier alpha value is -2.35. The van der Waals surface area contributed by atoms with Gasteiger partial charge in [0.15, 0.2) is 0 Å². The minimum atomic E-state index is 0.0694. The van der Waals surface area contributed by atoms with Crippen molar-refractivity contribution >= 4 is 10.8 Å². The highest BCUT2D eigenvalue weighted by atomic mass is 16.1. The molecule has 3 aromatic rings. The third-order valence-electron chi connectivity index (χ3n) is 5.39. The van der Waals surface area contributed by atoms with Crippen molar-refractivity contribution in [2.75, 3.05) is 0 Å². The van der Waals surface area contributed by atoms with Crippen molar-refractivity contribution in [3.05, 3.63) is 74.2 Å². The number of nitrogens with zero attached hydrogens (tertiary/aromatic N) is 1. The van der Waals surface area contributed by atoms with Gasteiger partial charge in [-0.05, 0) is 92.4 Å². The number of pyridine rings is 1. The summed E-state index contributed by atoms with van der Waals surface area (Å²) in [5, 5.41) is 1.91. The summed E-state index contributed by atoms with van der Waals surface area (Å²) in [6.45, 7) is 12.5. The van der Waals surface area contributed by atoms with E-state index in [1.54, 1.807) is 4.57 Å². The van der Waals surface area contributed by atoms with Crippen LogP contribution in [0.5, 0.6) is 0 Å². The van der Waals surface area contributed by atoms with E-state index in [0.29, 0.717) is 0 Å². The van der Waals surface area contributed by atoms with Crippen LogP contribution >= 0.6 is 0 Å². The van der Waals surface area contributed by atoms with Gasteiger partial charge in [0.2, 0.25) is 0 Å². The van der Waals surface area contributed by atoms with Gasteiger partial charge < -0.3 is 0 Å². The first-order valence-corrected chi connectivity index (χ1v) is 8.03. The lowest BCUT2D eigenvalue weighted by molar-refractivity contribution is 0.986. The van der Waals surface area contributed by atoms with Crippen LogP contribution in [0.2, 0.25) is 0 Å². The molecule has 2 aromatic carbocycles. The zero-order chi connectivity index (χ0) is 16.9. The Morgan fingerprint density at radius 3 is 2.09 bits per heavy atom. The zero-order valence-electron chi connectivity index (χ0n) is 14.7. The molecule has 0 atom stereocenters. The van der Waals surface area contributed by atoms with Crippen LogP contribution in [-0.4, -0.2) is 4.57 Å². The summed E-state index contributed by atoms with van der Waals surface area (Å²) in [4.78, 5) is 13.2. The lowest BCUT2D eigenvalue weighted by Crippen LogP contribution is -2.20. The summed E-state index contributed by atoms with van der Waals surface area (Å²) in [7, 11) is 0. The van der Waals surface area contributed by atoms with Gasteiger partial charge in [-0.25, -0.2) is 0 Å². The van der Waals surface area contributed by atoms with Crippen LogP contribution in [0.25, 0.3) is 16.5 Å². The van der Waals surface area contributed by atoms with Crippen molar-refractivity contribution in [1.82, 2.24) is 4.57 Å². The topological polar surface area (TPSA) is 22.0 Å². The van der Waals surface area contributed by atoms with Crippen molar-refractivity contribution in [3.8, 4) is 5.69 Å². The maximum absolute atomic E-state index is 13.2. The highest BCUT2D eigenvalue weighted by Gasteiger charge is 2.14. The van der Waals surface area contributed by atoms with Crippen LogP contribution in [0.4, 0.5) is 0 Å². The van der Waals surface area contributed by atoms with E-state index in [1.807, 2.05) is 18.3 Å². The second-order valence-corrected chi connectivity index (χ2v) is 6.50. The molecule has 0 bridgehead atoms. The van der Waals surface area contributed by atoms with E-state index in [0.717, 1.165) is 27.6 Å². The molecule has 0 radical (unpaired) electrons. The number of hydrogen-bond donors (Lipinski definition) is 0. The van der Waals surface area contributed by atoms with E-state index in [1.165, 1.54) is 22.3 Å². The predicted molar refractivity (Wildman–Crippen MR) is 98.0 cm³/mol. The van der Waals surface area contributed by atoms with Gasteiger partial charge in [0.25, 0.3) is 5.56 Å². The van der Waals surface area contributed by atoms with Crippen molar-refractivity contribution in [1.29, 1.82) is 0 Å². The van der Waals surface area contributed by atoms with Crippen LogP contribution in [0.3, 0.4) is 0 Å². The SMILES string of the molecule is Cc1cccc(-n2ccc3c(C)c(C)c(C)c(C)c3c2=O)c1C. The quantitative estimate of drug-likeness (QED) is 0.630. The Bertz CT molecular complexity index is 993. The first-order chi connectivity index (χ1) is 10.8. The molecule has 0 aliphatic heterocycles. The molecule has 0 aliphatic rings. The molecule has 1 heterocycles. The average Bonchev–Trinajstić information content (AvgIpc) is 2.53. The number of benzene rings is 2. The monoisotopic (exact) mass is 305 g/mol. The normalized spacial score (nSPS) is 11.2. The van der Waals surface area contributed by atoms with Gasteiger partial charge >= 0.3 is 0 Å². The molecule has 3 rings (SSSR count). The van der Waals surface area contributed by atoms with Crippen molar-refractivity contribution in [2.24, 2.45) is 0 Å². The minimum Gasteiger partial charge on any atom is -0.283 e. The maximum atomic E-state index is 13.2. The molecule has 0 spiro atoms. The fourth-order valence-corrected chi connectivity index (χ4v) is 3.35. The fraction of sp³-hybridized carbons (Fsp3) is 0.286. The third kappa shape index (κ3) is 2.21. The first-order valence-electron chi connectivity index (χ1n) is 8.03. The van der Waals surface area contributed by atoms with Crippen LogP contribution in [0.15, 0.2) is 35.3 Å². The molecule has 0 amide bonds. The number of fused-ring (bicyclic) bond motifs is 1. The van der Waals surface area contributed by atoms with E-state index in [-0.39, 0.29) is 5.56 Å². The molecular weight excluding hydrogens is 282 g/mol. The standard InChI is InChI=1S/C21H23NO/c1-12-8-7-9-19(13(12)2)22-11-10-18-16(5)14(3)15(4)17(6)20(18)21(22)23/h7-11H,1-6H3. The highest BCUT2D eigenvalue weighted by molar-refractivity contribution is 5.90. The molecule has 0 fully saturated rings. The van der Waals surface area contributed by atoms with Crippen LogP contribution in [-0.2, 0) is 0 Å². The molecule has 0 saturated heterocycles. The molecule has 0 aliphatic carbocycles. The summed E-state index contributed by atoms with van der Waals surface area (Å²) >= 11 is 0. The second-order valence-electron chi connectivity index (χ2n) is 6.50. The summed E-state index contributed by atoms with van der Waals surface area (Å²) < 4.78 is 1.78. The molecule has 23 heavy (non-hydrogen) atoms. The number of aryl methyl sites for hydroxylation is 3. The van der Waals surface area contributed by atoms with E-state index >= 15 is 0 Å². The van der Waals surface area contributed by atoms with Gasteiger partial charge in [0.1, 0.15) is 0 Å². The molecule has 0 N–H and O–H groups in total. The fourth-order valence-electron chi connectivity index (χ4n) is 3.35. The van der Waals surface area contributed by atoms with Crippen molar-refractivity contribution in [2.45, 2.75) is 41.5 Å². The van der Waals surface area contributed by atoms with Crippen LogP contribution in [0, 0.1) is 41.5 Å². The molecular formula is C21H23NO. The molecule has 118 valence electrons. The summed E-state index contributed by atoms with van der Waals surface area (Å²) in [6, 6.07) is 8.17. The van der Waals surface area contributed by atoms with Crippen molar-refractivity contribution in [3.63, 3.8) is 0 Å². The number of hydrogen-bond acceptors (Lipinski definition) is 1. The molecule has 2 nitrogen and oxygen atoms in total. The van der Waals surface area contributed by atoms with Gasteiger partial charge in [-0.3, -0.25) is 9.36 Å². The van der Waals surface area contributed by atoms with E-state index < -0.39 is 0 Å². The second kappa shape index (κ2) is 5.38. The van der Waals surface area contributed by atoms with Gasteiger partial charge in [0.05, 0.1) is 11.1 Å². The lowest BCUT2D eigenvalue weighted by Gasteiger charge is -2.17. The minimum absolute atomic E-state index is 0.0694. The Balaban J connectivity index is 2.46. The summed E-state index contributed by atoms with van der Waals surface area (Å²) in [6.07, 6.45) is 1.91. The summed E-state index contributed by atoms with van der Waals surface area (Å²) in [5.41, 5.74) is 8.16. The average molecular weight is 305 g/mol. The number of rotatable bonds is 1. The largest absolute Gasteiger partial charge is 0.283 e. The maximum Gasteiger partial charge on any atom is 0.263 e. The van der Waals surface area contributed by atoms with Crippen LogP contribution in [0.1, 0.15) is 33.4 Å². The summed E-state index contributed by atoms with van der Waals surface area (Å²) in [5.74, 6) is 0. The van der Waals surface area contributed by atoms with Gasteiger partial charge in [-0.2, -0.15) is 0 Å². The van der Waals surface area contributed by atoms with E-state index in [9.17, 15) is 4.79 Å². The number of aromatic nitrogens is 1. The van der Waals surface area contributed by atoms with Gasteiger partial charge in [-0.1, -0.05) is 12.1 Å². The highest BCUT2D eigenvalue weighted by Crippen LogP contribution is 2.27. The Kier molecular flexibility index (Phi) is 3.63. The molecule has 0 saturated carbocycles. The Labute approximate surface area is 137 Å². The van der Waals surface area contributed by atoms with Crippen molar-refractivity contribution < 1.29 is 0 Å². The first kappa shape index (κ1) is 15.5.